The Hall–Kier alpha value is -2.86. The van der Waals surface area contributed by atoms with Gasteiger partial charge in [-0.15, -0.1) is 10.2 Å². The molecule has 1 aromatic heterocycles. The molecule has 0 bridgehead atoms. The van der Waals surface area contributed by atoms with Gasteiger partial charge in [0.15, 0.2) is 0 Å². The lowest BCUT2D eigenvalue weighted by Crippen LogP contribution is -2.39. The second-order valence-corrected chi connectivity index (χ2v) is 9.96. The summed E-state index contributed by atoms with van der Waals surface area (Å²) in [5, 5.41) is 6.00. The van der Waals surface area contributed by atoms with Crippen molar-refractivity contribution >= 4 is 34.0 Å². The maximum absolute atomic E-state index is 15.0. The first kappa shape index (κ1) is 25.2. The molecule has 0 saturated carbocycles. The number of aromatic nitrogens is 2. The molecule has 1 aliphatic heterocycles. The van der Waals surface area contributed by atoms with Crippen LogP contribution >= 0.6 is 11.6 Å². The third kappa shape index (κ3) is 5.69. The molecule has 0 spiro atoms. The highest BCUT2D eigenvalue weighted by molar-refractivity contribution is 7.85. The van der Waals surface area contributed by atoms with Crippen molar-refractivity contribution in [1.29, 1.82) is 0 Å². The van der Waals surface area contributed by atoms with Crippen molar-refractivity contribution < 1.29 is 35.4 Å². The largest absolute Gasteiger partial charge is 0.470 e. The Morgan fingerprint density at radius 3 is 2.40 bits per heavy atom. The molecule has 186 valence electrons. The van der Waals surface area contributed by atoms with E-state index < -0.39 is 46.3 Å². The highest BCUT2D eigenvalue weighted by Crippen LogP contribution is 2.32. The number of amides is 1. The second-order valence-electron chi connectivity index (χ2n) is 7.86. The monoisotopic (exact) mass is 533 g/mol. The van der Waals surface area contributed by atoms with Crippen molar-refractivity contribution in [2.24, 2.45) is 5.92 Å². The van der Waals surface area contributed by atoms with E-state index in [-0.39, 0.29) is 34.3 Å². The fourth-order valence-corrected chi connectivity index (χ4v) is 5.12. The van der Waals surface area contributed by atoms with E-state index in [1.54, 1.807) is 0 Å². The summed E-state index contributed by atoms with van der Waals surface area (Å²) in [6.45, 7) is -0.260. The molecular weight excluding hydrogens is 517 g/mol. The van der Waals surface area contributed by atoms with E-state index in [0.717, 1.165) is 12.1 Å². The van der Waals surface area contributed by atoms with Crippen LogP contribution in [0.1, 0.15) is 24.3 Å². The standard InChI is InChI=1S/C22H17ClF5N3O3S/c23-16-10-15(3-4-17(16)24)31(20(32)12-5-7-35(33)8-6-12)11-14-2-1-13(9-18(14)25)19-29-30-21(34-19)22(26,27)28/h1-4,9-10,12H,5-8,11H2. The van der Waals surface area contributed by atoms with Gasteiger partial charge in [-0.2, -0.15) is 13.2 Å². The molecule has 4 rings (SSSR count). The van der Waals surface area contributed by atoms with E-state index >= 15 is 0 Å². The molecule has 6 nitrogen and oxygen atoms in total. The van der Waals surface area contributed by atoms with Crippen molar-refractivity contribution in [2.45, 2.75) is 25.6 Å². The van der Waals surface area contributed by atoms with Crippen LogP contribution in [0.3, 0.4) is 0 Å². The van der Waals surface area contributed by atoms with Gasteiger partial charge in [0.1, 0.15) is 11.6 Å². The van der Waals surface area contributed by atoms with Gasteiger partial charge in [0.2, 0.25) is 11.8 Å². The van der Waals surface area contributed by atoms with E-state index in [2.05, 4.69) is 14.6 Å². The third-order valence-electron chi connectivity index (χ3n) is 5.51. The molecule has 0 N–H and O–H groups in total. The van der Waals surface area contributed by atoms with Gasteiger partial charge in [-0.05, 0) is 43.2 Å². The van der Waals surface area contributed by atoms with Gasteiger partial charge in [-0.3, -0.25) is 9.00 Å². The van der Waals surface area contributed by atoms with Crippen LogP contribution in [-0.2, 0) is 28.3 Å². The summed E-state index contributed by atoms with van der Waals surface area (Å²) < 4.78 is 83.1. The highest BCUT2D eigenvalue weighted by atomic mass is 35.5. The predicted octanol–water partition coefficient (Wildman–Crippen LogP) is 5.38. The topological polar surface area (TPSA) is 76.3 Å². The fourth-order valence-electron chi connectivity index (χ4n) is 3.64. The van der Waals surface area contributed by atoms with Gasteiger partial charge >= 0.3 is 12.1 Å². The van der Waals surface area contributed by atoms with E-state index in [0.29, 0.717) is 24.3 Å². The van der Waals surface area contributed by atoms with Crippen LogP contribution in [0, 0.1) is 17.6 Å². The van der Waals surface area contributed by atoms with Crippen LogP contribution in [-0.4, -0.2) is 31.8 Å². The summed E-state index contributed by atoms with van der Waals surface area (Å²) in [6.07, 6.45) is -4.07. The summed E-state index contributed by atoms with van der Waals surface area (Å²) in [5.41, 5.74) is 0.201. The summed E-state index contributed by atoms with van der Waals surface area (Å²) in [7, 11) is -1.00. The van der Waals surface area contributed by atoms with Gasteiger partial charge in [0.25, 0.3) is 0 Å². The number of carbonyl (C=O) groups is 1. The first-order valence-corrected chi connectivity index (χ1v) is 12.2. The minimum atomic E-state index is -4.84. The van der Waals surface area contributed by atoms with Crippen LogP contribution in [0.5, 0.6) is 0 Å². The Balaban J connectivity index is 1.63. The Morgan fingerprint density at radius 1 is 1.09 bits per heavy atom. The summed E-state index contributed by atoms with van der Waals surface area (Å²) in [5.74, 6) is -3.69. The number of benzene rings is 2. The minimum Gasteiger partial charge on any atom is -0.413 e. The zero-order valence-electron chi connectivity index (χ0n) is 17.8. The van der Waals surface area contributed by atoms with Gasteiger partial charge in [0.05, 0.1) is 11.6 Å². The Labute approximate surface area is 203 Å². The predicted molar refractivity (Wildman–Crippen MR) is 118 cm³/mol. The van der Waals surface area contributed by atoms with E-state index in [4.69, 9.17) is 11.6 Å². The maximum Gasteiger partial charge on any atom is 0.470 e. The number of rotatable bonds is 5. The van der Waals surface area contributed by atoms with Crippen LogP contribution in [0.25, 0.3) is 11.5 Å². The molecule has 0 unspecified atom stereocenters. The molecule has 0 radical (unpaired) electrons. The number of halogens is 6. The molecule has 0 aliphatic carbocycles. The zero-order chi connectivity index (χ0) is 25.3. The van der Waals surface area contributed by atoms with Crippen molar-refractivity contribution in [2.75, 3.05) is 16.4 Å². The molecular formula is C22H17ClF5N3O3S. The minimum absolute atomic E-state index is 0.0393. The number of carbonyl (C=O) groups excluding carboxylic acids is 1. The molecule has 3 aromatic rings. The smallest absolute Gasteiger partial charge is 0.413 e. The summed E-state index contributed by atoms with van der Waals surface area (Å²) >= 11 is 5.89. The summed E-state index contributed by atoms with van der Waals surface area (Å²) in [6, 6.07) is 7.16. The van der Waals surface area contributed by atoms with E-state index in [1.807, 2.05) is 0 Å². The Bertz CT molecular complexity index is 1270. The average molecular weight is 534 g/mol. The Kier molecular flexibility index (Phi) is 7.22. The van der Waals surface area contributed by atoms with E-state index in [9.17, 15) is 31.0 Å². The zero-order valence-corrected chi connectivity index (χ0v) is 19.4. The molecule has 1 aliphatic rings. The van der Waals surface area contributed by atoms with Crippen molar-refractivity contribution in [3.63, 3.8) is 0 Å². The number of hydrogen-bond acceptors (Lipinski definition) is 5. The number of anilines is 1. The fraction of sp³-hybridized carbons (Fsp3) is 0.318. The first-order valence-electron chi connectivity index (χ1n) is 10.3. The molecule has 2 heterocycles. The van der Waals surface area contributed by atoms with Gasteiger partial charge < -0.3 is 9.32 Å². The number of alkyl halides is 3. The van der Waals surface area contributed by atoms with Crippen LogP contribution in [0.2, 0.25) is 5.02 Å². The lowest BCUT2D eigenvalue weighted by Gasteiger charge is -2.29. The normalized spacial score (nSPS) is 18.5. The van der Waals surface area contributed by atoms with Crippen molar-refractivity contribution in [3.05, 3.63) is 64.5 Å². The molecule has 13 heteroatoms. The van der Waals surface area contributed by atoms with Crippen LogP contribution < -0.4 is 4.90 Å². The van der Waals surface area contributed by atoms with Crippen molar-refractivity contribution in [3.8, 4) is 11.5 Å². The molecule has 35 heavy (non-hydrogen) atoms. The van der Waals surface area contributed by atoms with Crippen LogP contribution in [0.15, 0.2) is 40.8 Å². The lowest BCUT2D eigenvalue weighted by atomic mass is 10.00. The van der Waals surface area contributed by atoms with Crippen molar-refractivity contribution in [1.82, 2.24) is 10.2 Å². The molecule has 2 aromatic carbocycles. The molecule has 1 saturated heterocycles. The second kappa shape index (κ2) is 10.0. The number of hydrogen-bond donors (Lipinski definition) is 0. The quantitative estimate of drug-likeness (QED) is 0.412. The Morgan fingerprint density at radius 2 is 1.80 bits per heavy atom. The summed E-state index contributed by atoms with van der Waals surface area (Å²) in [4.78, 5) is 14.6. The lowest BCUT2D eigenvalue weighted by molar-refractivity contribution is -0.157. The SMILES string of the molecule is O=C(C1CCS(=O)CC1)N(Cc1ccc(-c2nnc(C(F)(F)F)o2)cc1F)c1ccc(F)c(Cl)c1. The maximum atomic E-state index is 15.0. The first-order chi connectivity index (χ1) is 16.5. The van der Waals surface area contributed by atoms with Gasteiger partial charge in [-0.25, -0.2) is 8.78 Å². The van der Waals surface area contributed by atoms with E-state index in [1.165, 1.54) is 29.2 Å². The molecule has 0 atom stereocenters. The average Bonchev–Trinajstić information content (AvgIpc) is 3.31. The van der Waals surface area contributed by atoms with Gasteiger partial charge in [0, 0.05) is 45.0 Å². The highest BCUT2D eigenvalue weighted by Gasteiger charge is 2.38. The molecule has 1 amide bonds. The number of nitrogens with zero attached hydrogens (tertiary/aromatic N) is 3. The van der Waals surface area contributed by atoms with Crippen LogP contribution in [0.4, 0.5) is 27.6 Å². The third-order valence-corrected chi connectivity index (χ3v) is 7.19. The van der Waals surface area contributed by atoms with Gasteiger partial charge in [-0.1, -0.05) is 17.7 Å². The molecule has 1 fully saturated rings.